The molecule has 3 aromatic rings. The van der Waals surface area contributed by atoms with Gasteiger partial charge in [0, 0.05) is 24.3 Å². The quantitative estimate of drug-likeness (QED) is 0.177. The molecule has 3 unspecified atom stereocenters. The molecular formula is C28H32ClN3O3. The second-order valence-electron chi connectivity index (χ2n) is 8.79. The van der Waals surface area contributed by atoms with Gasteiger partial charge in [0.2, 0.25) is 0 Å². The summed E-state index contributed by atoms with van der Waals surface area (Å²) in [4.78, 5) is 0. The van der Waals surface area contributed by atoms with E-state index in [1.807, 2.05) is 54.6 Å². The molecular weight excluding hydrogens is 462 g/mol. The first-order valence-electron chi connectivity index (χ1n) is 11.8. The topological polar surface area (TPSA) is 92.1 Å². The Labute approximate surface area is 211 Å². The summed E-state index contributed by atoms with van der Waals surface area (Å²) in [6.45, 7) is 1.60. The van der Waals surface area contributed by atoms with Gasteiger partial charge >= 0.3 is 0 Å². The molecule has 0 aliphatic carbocycles. The van der Waals surface area contributed by atoms with Gasteiger partial charge in [0.25, 0.3) is 0 Å². The lowest BCUT2D eigenvalue weighted by molar-refractivity contribution is -0.142. The van der Waals surface area contributed by atoms with Crippen molar-refractivity contribution in [2.75, 3.05) is 6.61 Å². The zero-order valence-corrected chi connectivity index (χ0v) is 20.4. The molecule has 4 N–H and O–H groups in total. The second kappa shape index (κ2) is 12.7. The average Bonchev–Trinajstić information content (AvgIpc) is 2.90. The number of amidine groups is 1. The largest absolute Gasteiger partial charge is 0.385 e. The van der Waals surface area contributed by atoms with Crippen LogP contribution >= 0.6 is 11.6 Å². The third kappa shape index (κ3) is 7.54. The second-order valence-corrected chi connectivity index (χ2v) is 9.19. The minimum Gasteiger partial charge on any atom is -0.385 e. The van der Waals surface area contributed by atoms with Gasteiger partial charge in [-0.3, -0.25) is 0 Å². The molecule has 0 spiro atoms. The molecule has 6 nitrogen and oxygen atoms in total. The van der Waals surface area contributed by atoms with Gasteiger partial charge in [-0.05, 0) is 28.3 Å². The molecule has 1 fully saturated rings. The van der Waals surface area contributed by atoms with Crippen LogP contribution in [0.1, 0.15) is 41.2 Å². The zero-order valence-electron chi connectivity index (χ0n) is 19.7. The molecule has 1 aliphatic rings. The normalized spacial score (nSPS) is 20.6. The summed E-state index contributed by atoms with van der Waals surface area (Å²) < 4.78 is 18.8. The summed E-state index contributed by atoms with van der Waals surface area (Å²) in [6.07, 6.45) is 1.69. The van der Waals surface area contributed by atoms with E-state index < -0.39 is 0 Å². The maximum Gasteiger partial charge on any atom is 0.123 e. The number of benzene rings is 3. The first kappa shape index (κ1) is 25.2. The fraction of sp³-hybridized carbons (Fsp3) is 0.321. The monoisotopic (exact) mass is 493 g/mol. The number of hydrazone groups is 1. The zero-order chi connectivity index (χ0) is 24.5. The van der Waals surface area contributed by atoms with Gasteiger partial charge < -0.3 is 25.8 Å². The van der Waals surface area contributed by atoms with E-state index in [-0.39, 0.29) is 18.3 Å². The number of nitrogens with zero attached hydrogens (tertiary/aromatic N) is 1. The van der Waals surface area contributed by atoms with Gasteiger partial charge in [-0.1, -0.05) is 84.4 Å². The fourth-order valence-corrected chi connectivity index (χ4v) is 4.46. The van der Waals surface area contributed by atoms with E-state index in [1.54, 1.807) is 0 Å². The molecule has 7 heteroatoms. The molecule has 1 heterocycles. The van der Waals surface area contributed by atoms with Crippen LogP contribution in [-0.2, 0) is 33.8 Å². The van der Waals surface area contributed by atoms with Crippen molar-refractivity contribution in [3.63, 3.8) is 0 Å². The summed E-state index contributed by atoms with van der Waals surface area (Å²) in [5, 5.41) is 4.19. The molecule has 0 radical (unpaired) electrons. The molecule has 35 heavy (non-hydrogen) atoms. The van der Waals surface area contributed by atoms with Crippen molar-refractivity contribution in [3.8, 4) is 0 Å². The number of nitrogens with two attached hydrogens (primary N) is 2. The highest BCUT2D eigenvalue weighted by Gasteiger charge is 2.31. The van der Waals surface area contributed by atoms with Crippen molar-refractivity contribution in [2.24, 2.45) is 16.7 Å². The Morgan fingerprint density at radius 2 is 1.63 bits per heavy atom. The van der Waals surface area contributed by atoms with Crippen molar-refractivity contribution >= 4 is 17.4 Å². The Kier molecular flexibility index (Phi) is 9.15. The van der Waals surface area contributed by atoms with E-state index in [4.69, 9.17) is 37.4 Å². The van der Waals surface area contributed by atoms with Crippen molar-refractivity contribution in [3.05, 3.63) is 106 Å². The minimum absolute atomic E-state index is 0.0362. The van der Waals surface area contributed by atoms with Gasteiger partial charge in [0.05, 0.1) is 38.1 Å². The van der Waals surface area contributed by atoms with Gasteiger partial charge in [0.1, 0.15) is 5.84 Å². The van der Waals surface area contributed by atoms with E-state index in [1.165, 1.54) is 0 Å². The third-order valence-corrected chi connectivity index (χ3v) is 6.45. The highest BCUT2D eigenvalue weighted by molar-refractivity contribution is 6.31. The number of hydrogen-bond acceptors (Lipinski definition) is 5. The fourth-order valence-electron chi connectivity index (χ4n) is 4.27. The summed E-state index contributed by atoms with van der Waals surface area (Å²) in [5.74, 6) is 5.65. The van der Waals surface area contributed by atoms with E-state index in [0.717, 1.165) is 35.1 Å². The maximum atomic E-state index is 6.48. The van der Waals surface area contributed by atoms with E-state index >= 15 is 0 Å². The lowest BCUT2D eigenvalue weighted by atomic mass is 9.94. The molecule has 3 atom stereocenters. The SMILES string of the molecule is N/N=C(\N)Cc1cc(C2CC(OCc3ccccc3)CC(COCc3ccccc3)O2)ccc1Cl. The number of hydrogen-bond donors (Lipinski definition) is 2. The lowest BCUT2D eigenvalue weighted by Gasteiger charge is -2.36. The van der Waals surface area contributed by atoms with Crippen molar-refractivity contribution < 1.29 is 14.2 Å². The van der Waals surface area contributed by atoms with Gasteiger partial charge in [-0.25, -0.2) is 0 Å². The Hall–Kier alpha value is -2.90. The average molecular weight is 494 g/mol. The predicted molar refractivity (Wildman–Crippen MR) is 139 cm³/mol. The highest BCUT2D eigenvalue weighted by Crippen LogP contribution is 2.35. The predicted octanol–water partition coefficient (Wildman–Crippen LogP) is 5.14. The molecule has 0 amide bonds. The molecule has 1 aliphatic heterocycles. The molecule has 0 aromatic heterocycles. The maximum absolute atomic E-state index is 6.48. The molecule has 0 saturated carbocycles. The summed E-state index contributed by atoms with van der Waals surface area (Å²) >= 11 is 6.40. The van der Waals surface area contributed by atoms with Gasteiger partial charge in [-0.2, -0.15) is 5.10 Å². The van der Waals surface area contributed by atoms with Crippen LogP contribution in [0.4, 0.5) is 0 Å². The van der Waals surface area contributed by atoms with Gasteiger partial charge in [-0.15, -0.1) is 0 Å². The Bertz CT molecular complexity index is 1100. The standard InChI is InChI=1S/C28H32ClN3O3/c29-26-12-11-22(13-23(26)14-28(30)32-31)27-16-24(34-18-21-9-5-2-6-10-21)15-25(35-27)19-33-17-20-7-3-1-4-8-20/h1-13,24-25,27H,14-19,31H2,(H2,30,32). The summed E-state index contributed by atoms with van der Waals surface area (Å²) in [7, 11) is 0. The van der Waals surface area contributed by atoms with Crippen LogP contribution < -0.4 is 11.6 Å². The lowest BCUT2D eigenvalue weighted by Crippen LogP contribution is -2.35. The van der Waals surface area contributed by atoms with E-state index in [9.17, 15) is 0 Å². The number of rotatable bonds is 10. The van der Waals surface area contributed by atoms with E-state index in [0.29, 0.717) is 37.1 Å². The van der Waals surface area contributed by atoms with Crippen LogP contribution in [0, 0.1) is 0 Å². The minimum atomic E-state index is -0.151. The first-order valence-corrected chi connectivity index (χ1v) is 12.2. The van der Waals surface area contributed by atoms with Crippen LogP contribution in [-0.4, -0.2) is 24.7 Å². The van der Waals surface area contributed by atoms with Gasteiger partial charge in [0.15, 0.2) is 0 Å². The molecule has 4 rings (SSSR count). The van der Waals surface area contributed by atoms with Crippen molar-refractivity contribution in [1.82, 2.24) is 0 Å². The van der Waals surface area contributed by atoms with Crippen molar-refractivity contribution in [2.45, 2.75) is 50.8 Å². The molecule has 0 bridgehead atoms. The van der Waals surface area contributed by atoms with Crippen LogP contribution in [0.5, 0.6) is 0 Å². The molecule has 1 saturated heterocycles. The van der Waals surface area contributed by atoms with Crippen LogP contribution in [0.15, 0.2) is 84.0 Å². The number of halogens is 1. The Balaban J connectivity index is 1.46. The van der Waals surface area contributed by atoms with Crippen LogP contribution in [0.2, 0.25) is 5.02 Å². The first-order chi connectivity index (χ1) is 17.1. The molecule has 184 valence electrons. The summed E-state index contributed by atoms with van der Waals surface area (Å²) in [6, 6.07) is 26.2. The smallest absolute Gasteiger partial charge is 0.123 e. The summed E-state index contributed by atoms with van der Waals surface area (Å²) in [5.41, 5.74) is 10.0. The van der Waals surface area contributed by atoms with Crippen LogP contribution in [0.25, 0.3) is 0 Å². The molecule has 3 aromatic carbocycles. The van der Waals surface area contributed by atoms with Crippen molar-refractivity contribution in [1.29, 1.82) is 0 Å². The third-order valence-electron chi connectivity index (χ3n) is 6.08. The van der Waals surface area contributed by atoms with Crippen LogP contribution in [0.3, 0.4) is 0 Å². The highest BCUT2D eigenvalue weighted by atomic mass is 35.5. The Morgan fingerprint density at radius 1 is 0.943 bits per heavy atom. The van der Waals surface area contributed by atoms with E-state index in [2.05, 4.69) is 29.4 Å². The Morgan fingerprint density at radius 3 is 2.31 bits per heavy atom. The number of ether oxygens (including phenoxy) is 3.